The lowest BCUT2D eigenvalue weighted by Gasteiger charge is -2.13. The number of carbonyl (C=O) groups is 1. The van der Waals surface area contributed by atoms with Crippen molar-refractivity contribution < 1.29 is 14.3 Å². The Morgan fingerprint density at radius 2 is 2.00 bits per heavy atom. The fourth-order valence-electron chi connectivity index (χ4n) is 1.86. The molecule has 21 heavy (non-hydrogen) atoms. The van der Waals surface area contributed by atoms with E-state index in [0.29, 0.717) is 27.7 Å². The fourth-order valence-corrected chi connectivity index (χ4v) is 2.05. The summed E-state index contributed by atoms with van der Waals surface area (Å²) in [5, 5.41) is 3.64. The Morgan fingerprint density at radius 3 is 2.67 bits per heavy atom. The largest absolute Gasteiger partial charge is 0.495 e. The summed E-state index contributed by atoms with van der Waals surface area (Å²) in [6.45, 7) is 0. The monoisotopic (exact) mass is 306 g/mol. The molecule has 2 rings (SSSR count). The molecule has 2 aromatic carbocycles. The van der Waals surface area contributed by atoms with Gasteiger partial charge in [0.25, 0.3) is 0 Å². The van der Waals surface area contributed by atoms with Crippen molar-refractivity contribution >= 4 is 34.6 Å². The molecule has 0 unspecified atom stereocenters. The first-order valence-electron chi connectivity index (χ1n) is 6.14. The summed E-state index contributed by atoms with van der Waals surface area (Å²) in [4.78, 5) is 11.6. The fraction of sp³-hybridized carbons (Fsp3) is 0.133. The summed E-state index contributed by atoms with van der Waals surface area (Å²) in [5.41, 5.74) is 7.95. The number of para-hydroxylation sites is 1. The molecule has 0 amide bonds. The molecule has 2 aromatic rings. The van der Waals surface area contributed by atoms with Crippen LogP contribution >= 0.6 is 11.6 Å². The van der Waals surface area contributed by atoms with Crippen LogP contribution in [-0.4, -0.2) is 20.2 Å². The van der Waals surface area contributed by atoms with Gasteiger partial charge in [-0.3, -0.25) is 0 Å². The molecule has 0 aliphatic heterocycles. The molecule has 0 saturated heterocycles. The number of nitrogens with two attached hydrogens (primary N) is 1. The van der Waals surface area contributed by atoms with Crippen molar-refractivity contribution in [1.82, 2.24) is 0 Å². The van der Waals surface area contributed by atoms with Crippen LogP contribution in [0.5, 0.6) is 5.75 Å². The number of nitrogen functional groups attached to an aromatic ring is 1. The first-order chi connectivity index (χ1) is 10.1. The van der Waals surface area contributed by atoms with Gasteiger partial charge in [-0.25, -0.2) is 4.79 Å². The van der Waals surface area contributed by atoms with Crippen LogP contribution < -0.4 is 15.8 Å². The Bertz CT molecular complexity index is 674. The number of esters is 1. The summed E-state index contributed by atoms with van der Waals surface area (Å²) in [6, 6.07) is 10.3. The Kier molecular flexibility index (Phi) is 4.55. The molecule has 6 heteroatoms. The van der Waals surface area contributed by atoms with Crippen LogP contribution in [0.2, 0.25) is 5.02 Å². The van der Waals surface area contributed by atoms with Gasteiger partial charge < -0.3 is 20.5 Å². The highest BCUT2D eigenvalue weighted by molar-refractivity contribution is 6.32. The van der Waals surface area contributed by atoms with Crippen molar-refractivity contribution in [1.29, 1.82) is 0 Å². The lowest BCUT2D eigenvalue weighted by Crippen LogP contribution is -2.07. The summed E-state index contributed by atoms with van der Waals surface area (Å²) < 4.78 is 9.85. The molecule has 0 spiro atoms. The molecule has 0 radical (unpaired) electrons. The summed E-state index contributed by atoms with van der Waals surface area (Å²) in [6.07, 6.45) is 0. The summed E-state index contributed by atoms with van der Waals surface area (Å²) in [7, 11) is 2.85. The highest BCUT2D eigenvalue weighted by Crippen LogP contribution is 2.31. The molecular weight excluding hydrogens is 292 g/mol. The molecule has 0 fully saturated rings. The van der Waals surface area contributed by atoms with Crippen molar-refractivity contribution in [3.63, 3.8) is 0 Å². The van der Waals surface area contributed by atoms with Crippen LogP contribution in [0.25, 0.3) is 0 Å². The van der Waals surface area contributed by atoms with E-state index in [2.05, 4.69) is 5.32 Å². The van der Waals surface area contributed by atoms with Crippen molar-refractivity contribution in [3.8, 4) is 5.75 Å². The van der Waals surface area contributed by atoms with Gasteiger partial charge >= 0.3 is 5.97 Å². The highest BCUT2D eigenvalue weighted by Gasteiger charge is 2.13. The molecule has 3 N–H and O–H groups in total. The zero-order valence-corrected chi connectivity index (χ0v) is 12.4. The lowest BCUT2D eigenvalue weighted by atomic mass is 10.1. The Labute approximate surface area is 127 Å². The summed E-state index contributed by atoms with van der Waals surface area (Å²) in [5.74, 6) is 0.0641. The molecule has 5 nitrogen and oxygen atoms in total. The average Bonchev–Trinajstić information content (AvgIpc) is 2.50. The second-order valence-electron chi connectivity index (χ2n) is 4.23. The molecule has 0 aromatic heterocycles. The minimum Gasteiger partial charge on any atom is -0.495 e. The molecular formula is C15H15ClN2O3. The number of nitrogens with one attached hydrogen (secondary N) is 1. The molecule has 0 aliphatic rings. The van der Waals surface area contributed by atoms with E-state index in [1.807, 2.05) is 0 Å². The van der Waals surface area contributed by atoms with Gasteiger partial charge in [-0.05, 0) is 24.3 Å². The molecule has 0 aliphatic carbocycles. The maximum Gasteiger partial charge on any atom is 0.340 e. The number of carbonyl (C=O) groups excluding carboxylic acids is 1. The van der Waals surface area contributed by atoms with E-state index in [4.69, 9.17) is 26.8 Å². The van der Waals surface area contributed by atoms with Crippen molar-refractivity contribution in [2.75, 3.05) is 25.3 Å². The number of halogens is 1. The van der Waals surface area contributed by atoms with E-state index in [9.17, 15) is 4.79 Å². The Hall–Kier alpha value is -2.40. The van der Waals surface area contributed by atoms with Crippen LogP contribution in [0.1, 0.15) is 10.4 Å². The number of methoxy groups -OCH3 is 2. The molecule has 110 valence electrons. The van der Waals surface area contributed by atoms with Gasteiger partial charge in [-0.1, -0.05) is 17.7 Å². The van der Waals surface area contributed by atoms with Crippen LogP contribution in [0, 0.1) is 0 Å². The normalized spacial score (nSPS) is 10.0. The van der Waals surface area contributed by atoms with Crippen LogP contribution in [0.15, 0.2) is 36.4 Å². The van der Waals surface area contributed by atoms with Crippen molar-refractivity contribution in [2.24, 2.45) is 0 Å². The molecule has 0 saturated carbocycles. The van der Waals surface area contributed by atoms with E-state index >= 15 is 0 Å². The number of anilines is 3. The zero-order valence-electron chi connectivity index (χ0n) is 11.6. The Balaban J connectivity index is 2.34. The van der Waals surface area contributed by atoms with Crippen LogP contribution in [0.3, 0.4) is 0 Å². The van der Waals surface area contributed by atoms with Gasteiger partial charge in [0.2, 0.25) is 0 Å². The quantitative estimate of drug-likeness (QED) is 0.668. The number of hydrogen-bond acceptors (Lipinski definition) is 5. The number of ether oxygens (including phenoxy) is 2. The van der Waals surface area contributed by atoms with Crippen LogP contribution in [-0.2, 0) is 4.74 Å². The Morgan fingerprint density at radius 1 is 1.24 bits per heavy atom. The lowest BCUT2D eigenvalue weighted by molar-refractivity contribution is 0.0602. The third-order valence-corrected chi connectivity index (χ3v) is 3.25. The third-order valence-electron chi connectivity index (χ3n) is 2.94. The van der Waals surface area contributed by atoms with Gasteiger partial charge in [-0.2, -0.15) is 0 Å². The molecule has 0 atom stereocenters. The highest BCUT2D eigenvalue weighted by atomic mass is 35.5. The minimum absolute atomic E-state index is 0.309. The van der Waals surface area contributed by atoms with Crippen molar-refractivity contribution in [3.05, 3.63) is 47.0 Å². The van der Waals surface area contributed by atoms with Gasteiger partial charge in [-0.15, -0.1) is 0 Å². The maximum atomic E-state index is 11.6. The van der Waals surface area contributed by atoms with Gasteiger partial charge in [0.1, 0.15) is 5.75 Å². The zero-order chi connectivity index (χ0) is 15.4. The van der Waals surface area contributed by atoms with Gasteiger partial charge in [0.15, 0.2) is 0 Å². The number of rotatable bonds is 4. The molecule has 0 bridgehead atoms. The minimum atomic E-state index is -0.482. The molecule has 0 heterocycles. The second-order valence-corrected chi connectivity index (χ2v) is 4.64. The standard InChI is InChI=1S/C15H15ClN2O3/c1-20-13-8-9(6-7-11(13)16)18-12-5-3-4-10(14(12)17)15(19)21-2/h3-8,18H,17H2,1-2H3. The van der Waals surface area contributed by atoms with Gasteiger partial charge in [0, 0.05) is 11.8 Å². The SMILES string of the molecule is COC(=O)c1cccc(Nc2ccc(Cl)c(OC)c2)c1N. The third kappa shape index (κ3) is 3.20. The van der Waals surface area contributed by atoms with E-state index < -0.39 is 5.97 Å². The number of hydrogen-bond donors (Lipinski definition) is 2. The van der Waals surface area contributed by atoms with E-state index in [-0.39, 0.29) is 0 Å². The average molecular weight is 307 g/mol. The van der Waals surface area contributed by atoms with E-state index in [1.54, 1.807) is 36.4 Å². The second kappa shape index (κ2) is 6.37. The number of benzene rings is 2. The maximum absolute atomic E-state index is 11.6. The van der Waals surface area contributed by atoms with E-state index in [1.165, 1.54) is 14.2 Å². The predicted molar refractivity (Wildman–Crippen MR) is 83.5 cm³/mol. The van der Waals surface area contributed by atoms with Gasteiger partial charge in [0.05, 0.1) is 36.2 Å². The van der Waals surface area contributed by atoms with Crippen LogP contribution in [0.4, 0.5) is 17.1 Å². The topological polar surface area (TPSA) is 73.6 Å². The van der Waals surface area contributed by atoms with Crippen molar-refractivity contribution in [2.45, 2.75) is 0 Å². The smallest absolute Gasteiger partial charge is 0.340 e. The summed E-state index contributed by atoms with van der Waals surface area (Å²) >= 11 is 5.98. The first-order valence-corrected chi connectivity index (χ1v) is 6.52. The predicted octanol–water partition coefficient (Wildman–Crippen LogP) is 3.46. The van der Waals surface area contributed by atoms with E-state index in [0.717, 1.165) is 5.69 Å². The first kappa shape index (κ1) is 15.0.